The maximum Gasteiger partial charge on any atom is 0.253 e. The zero-order valence-electron chi connectivity index (χ0n) is 14.1. The molecule has 1 unspecified atom stereocenters. The number of carbonyl (C=O) groups is 2. The Hall–Kier alpha value is -1.63. The maximum absolute atomic E-state index is 12.2. The van der Waals surface area contributed by atoms with Gasteiger partial charge in [0.25, 0.3) is 5.91 Å². The number of ether oxygens (including phenoxy) is 1. The Morgan fingerprint density at radius 2 is 1.78 bits per heavy atom. The Balaban J connectivity index is 0.00000484. The first-order chi connectivity index (χ1) is 10.4. The minimum absolute atomic E-state index is 0. The van der Waals surface area contributed by atoms with Gasteiger partial charge in [-0.1, -0.05) is 12.1 Å². The lowest BCUT2D eigenvalue weighted by molar-refractivity contribution is -0.134. The lowest BCUT2D eigenvalue weighted by Crippen LogP contribution is -2.45. The van der Waals surface area contributed by atoms with E-state index in [0.29, 0.717) is 18.7 Å². The van der Waals surface area contributed by atoms with Gasteiger partial charge in [0, 0.05) is 39.9 Å². The van der Waals surface area contributed by atoms with Gasteiger partial charge < -0.3 is 20.3 Å². The molecule has 0 heterocycles. The Morgan fingerprint density at radius 3 is 2.22 bits per heavy atom. The SMILES string of the molecule is CCN(Cc1ccc(C(=O)N(C)C)cc1)C(=O)C(N)COC.Cl. The van der Waals surface area contributed by atoms with Gasteiger partial charge in [-0.25, -0.2) is 0 Å². The number of halogens is 1. The number of benzene rings is 1. The van der Waals surface area contributed by atoms with Crippen LogP contribution < -0.4 is 5.73 Å². The molecule has 0 aromatic heterocycles. The summed E-state index contributed by atoms with van der Waals surface area (Å²) >= 11 is 0. The van der Waals surface area contributed by atoms with Crippen LogP contribution in [0.4, 0.5) is 0 Å². The maximum atomic E-state index is 12.2. The van der Waals surface area contributed by atoms with Crippen LogP contribution in [-0.2, 0) is 16.1 Å². The molecule has 0 fully saturated rings. The highest BCUT2D eigenvalue weighted by Crippen LogP contribution is 2.10. The summed E-state index contributed by atoms with van der Waals surface area (Å²) in [7, 11) is 4.94. The smallest absolute Gasteiger partial charge is 0.253 e. The van der Waals surface area contributed by atoms with E-state index in [9.17, 15) is 9.59 Å². The number of amides is 2. The van der Waals surface area contributed by atoms with E-state index in [1.54, 1.807) is 31.1 Å². The van der Waals surface area contributed by atoms with Crippen LogP contribution in [-0.4, -0.2) is 62.0 Å². The van der Waals surface area contributed by atoms with E-state index in [0.717, 1.165) is 5.56 Å². The molecule has 0 radical (unpaired) electrons. The van der Waals surface area contributed by atoms with Crippen LogP contribution in [0.3, 0.4) is 0 Å². The van der Waals surface area contributed by atoms with E-state index in [-0.39, 0.29) is 30.8 Å². The van der Waals surface area contributed by atoms with Crippen molar-refractivity contribution in [2.24, 2.45) is 5.73 Å². The van der Waals surface area contributed by atoms with Crippen LogP contribution in [0.5, 0.6) is 0 Å². The van der Waals surface area contributed by atoms with Crippen LogP contribution in [0.25, 0.3) is 0 Å². The van der Waals surface area contributed by atoms with Crippen molar-refractivity contribution in [3.63, 3.8) is 0 Å². The number of nitrogens with two attached hydrogens (primary N) is 1. The van der Waals surface area contributed by atoms with E-state index in [1.165, 1.54) is 12.0 Å². The molecule has 130 valence electrons. The minimum atomic E-state index is -0.653. The summed E-state index contributed by atoms with van der Waals surface area (Å²) in [5.41, 5.74) is 7.37. The fraction of sp³-hybridized carbons (Fsp3) is 0.500. The molecule has 0 bridgehead atoms. The molecule has 2 N–H and O–H groups in total. The van der Waals surface area contributed by atoms with Crippen molar-refractivity contribution >= 4 is 24.2 Å². The first-order valence-electron chi connectivity index (χ1n) is 7.24. The lowest BCUT2D eigenvalue weighted by atomic mass is 10.1. The van der Waals surface area contributed by atoms with Gasteiger partial charge >= 0.3 is 0 Å². The summed E-state index contributed by atoms with van der Waals surface area (Å²) in [4.78, 5) is 27.2. The highest BCUT2D eigenvalue weighted by atomic mass is 35.5. The van der Waals surface area contributed by atoms with Crippen molar-refractivity contribution in [1.82, 2.24) is 9.80 Å². The van der Waals surface area contributed by atoms with E-state index >= 15 is 0 Å². The molecule has 7 heteroatoms. The van der Waals surface area contributed by atoms with E-state index in [1.807, 2.05) is 19.1 Å². The van der Waals surface area contributed by atoms with Crippen LogP contribution in [0.15, 0.2) is 24.3 Å². The molecule has 2 amide bonds. The van der Waals surface area contributed by atoms with E-state index < -0.39 is 6.04 Å². The van der Waals surface area contributed by atoms with Crippen LogP contribution in [0.2, 0.25) is 0 Å². The van der Waals surface area contributed by atoms with Crippen molar-refractivity contribution in [2.75, 3.05) is 34.4 Å². The third-order valence-corrected chi connectivity index (χ3v) is 3.34. The standard InChI is InChI=1S/C16H25N3O3.ClH/c1-5-19(16(21)14(17)11-22-4)10-12-6-8-13(9-7-12)15(20)18(2)3;/h6-9,14H,5,10-11,17H2,1-4H3;1H. The predicted molar refractivity (Wildman–Crippen MR) is 92.6 cm³/mol. The lowest BCUT2D eigenvalue weighted by Gasteiger charge is -2.24. The fourth-order valence-corrected chi connectivity index (χ4v) is 2.06. The van der Waals surface area contributed by atoms with E-state index in [2.05, 4.69) is 0 Å². The molecule has 1 aromatic rings. The van der Waals surface area contributed by atoms with Crippen molar-refractivity contribution < 1.29 is 14.3 Å². The Morgan fingerprint density at radius 1 is 1.22 bits per heavy atom. The van der Waals surface area contributed by atoms with Gasteiger partial charge in [-0.3, -0.25) is 9.59 Å². The molecule has 6 nitrogen and oxygen atoms in total. The minimum Gasteiger partial charge on any atom is -0.383 e. The summed E-state index contributed by atoms with van der Waals surface area (Å²) in [5.74, 6) is -0.185. The second-order valence-electron chi connectivity index (χ2n) is 5.31. The molecule has 0 aliphatic rings. The number of hydrogen-bond donors (Lipinski definition) is 1. The topological polar surface area (TPSA) is 75.9 Å². The predicted octanol–water partition coefficient (Wildman–Crippen LogP) is 1.13. The summed E-state index contributed by atoms with van der Waals surface area (Å²) in [6.45, 7) is 3.13. The van der Waals surface area contributed by atoms with Gasteiger partial charge in [-0.15, -0.1) is 12.4 Å². The van der Waals surface area contributed by atoms with Gasteiger partial charge in [-0.2, -0.15) is 0 Å². The second kappa shape index (κ2) is 10.2. The number of methoxy groups -OCH3 is 1. The summed E-state index contributed by atoms with van der Waals surface area (Å²) in [5, 5.41) is 0. The van der Waals surface area contributed by atoms with Crippen molar-refractivity contribution in [3.05, 3.63) is 35.4 Å². The van der Waals surface area contributed by atoms with Crippen LogP contribution in [0, 0.1) is 0 Å². The summed E-state index contributed by atoms with van der Waals surface area (Å²) in [6, 6.07) is 6.60. The second-order valence-corrected chi connectivity index (χ2v) is 5.31. The Labute approximate surface area is 144 Å². The quantitative estimate of drug-likeness (QED) is 0.805. The normalized spacial score (nSPS) is 11.3. The highest BCUT2D eigenvalue weighted by Gasteiger charge is 2.20. The summed E-state index contributed by atoms with van der Waals surface area (Å²) in [6.07, 6.45) is 0. The van der Waals surface area contributed by atoms with E-state index in [4.69, 9.17) is 10.5 Å². The Bertz CT molecular complexity index is 506. The van der Waals surface area contributed by atoms with Crippen LogP contribution in [0.1, 0.15) is 22.8 Å². The highest BCUT2D eigenvalue weighted by molar-refractivity contribution is 5.93. The zero-order valence-corrected chi connectivity index (χ0v) is 14.9. The van der Waals surface area contributed by atoms with Gasteiger partial charge in [0.05, 0.1) is 6.61 Å². The van der Waals surface area contributed by atoms with Gasteiger partial charge in [0.2, 0.25) is 5.91 Å². The number of likely N-dealkylation sites (N-methyl/N-ethyl adjacent to an activating group) is 1. The molecule has 1 rings (SSSR count). The molecule has 0 saturated carbocycles. The average Bonchev–Trinajstić information content (AvgIpc) is 2.51. The average molecular weight is 344 g/mol. The molecular formula is C16H26ClN3O3. The largest absolute Gasteiger partial charge is 0.383 e. The van der Waals surface area contributed by atoms with Gasteiger partial charge in [0.1, 0.15) is 6.04 Å². The molecule has 0 saturated heterocycles. The molecule has 1 aromatic carbocycles. The monoisotopic (exact) mass is 343 g/mol. The van der Waals surface area contributed by atoms with Crippen molar-refractivity contribution in [3.8, 4) is 0 Å². The number of nitrogens with zero attached hydrogens (tertiary/aromatic N) is 2. The van der Waals surface area contributed by atoms with Gasteiger partial charge in [0.15, 0.2) is 0 Å². The first-order valence-corrected chi connectivity index (χ1v) is 7.24. The van der Waals surface area contributed by atoms with Crippen molar-refractivity contribution in [1.29, 1.82) is 0 Å². The van der Waals surface area contributed by atoms with Gasteiger partial charge in [-0.05, 0) is 24.6 Å². The fourth-order valence-electron chi connectivity index (χ4n) is 2.06. The zero-order chi connectivity index (χ0) is 16.7. The number of hydrogen-bond acceptors (Lipinski definition) is 4. The third-order valence-electron chi connectivity index (χ3n) is 3.34. The Kier molecular flexibility index (Phi) is 9.48. The third kappa shape index (κ3) is 6.17. The molecule has 23 heavy (non-hydrogen) atoms. The van der Waals surface area contributed by atoms with Crippen molar-refractivity contribution in [2.45, 2.75) is 19.5 Å². The molecule has 1 atom stereocenters. The molecular weight excluding hydrogens is 318 g/mol. The van der Waals surface area contributed by atoms with Crippen LogP contribution >= 0.6 is 12.4 Å². The molecule has 0 aliphatic carbocycles. The number of rotatable bonds is 7. The molecule has 0 aliphatic heterocycles. The molecule has 0 spiro atoms. The summed E-state index contributed by atoms with van der Waals surface area (Å²) < 4.78 is 4.92. The number of carbonyl (C=O) groups excluding carboxylic acids is 2. The first kappa shape index (κ1) is 21.4.